The van der Waals surface area contributed by atoms with Gasteiger partial charge in [-0.15, -0.1) is 0 Å². The zero-order valence-corrected chi connectivity index (χ0v) is 12.0. The highest BCUT2D eigenvalue weighted by molar-refractivity contribution is 7.89. The Morgan fingerprint density at radius 2 is 2.00 bits per heavy atom. The fourth-order valence-electron chi connectivity index (χ4n) is 2.41. The number of benzene rings is 1. The molecule has 0 amide bonds. The number of aliphatic hydroxyl groups is 1. The first-order valence-corrected chi connectivity index (χ1v) is 7.95. The van der Waals surface area contributed by atoms with Crippen LogP contribution >= 0.6 is 11.6 Å². The normalized spacial score (nSPS) is 18.6. The predicted octanol–water partition coefficient (Wildman–Crippen LogP) is 1.51. The molecule has 1 saturated carbocycles. The minimum absolute atomic E-state index is 0.0473. The van der Waals surface area contributed by atoms with Gasteiger partial charge in [0.15, 0.2) is 0 Å². The van der Waals surface area contributed by atoms with Gasteiger partial charge in [0.25, 0.3) is 0 Å². The van der Waals surface area contributed by atoms with Crippen molar-refractivity contribution in [1.29, 1.82) is 0 Å². The number of nitrogens with one attached hydrogen (secondary N) is 1. The zero-order chi connectivity index (χ0) is 14.1. The number of rotatable bonds is 4. The van der Waals surface area contributed by atoms with Crippen LogP contribution in [-0.2, 0) is 10.0 Å². The lowest BCUT2D eigenvalue weighted by atomic mass is 10.0. The van der Waals surface area contributed by atoms with Crippen LogP contribution in [0.2, 0.25) is 5.02 Å². The third kappa shape index (κ3) is 3.02. The molecule has 1 aromatic rings. The molecule has 0 spiro atoms. The summed E-state index contributed by atoms with van der Waals surface area (Å²) < 4.78 is 27.3. The Hall–Kier alpha value is -0.820. The first-order valence-electron chi connectivity index (χ1n) is 6.08. The average molecular weight is 305 g/mol. The third-order valence-electron chi connectivity index (χ3n) is 3.46. The van der Waals surface area contributed by atoms with Gasteiger partial charge in [0, 0.05) is 5.69 Å². The van der Waals surface area contributed by atoms with Crippen molar-refractivity contribution in [3.05, 3.63) is 23.2 Å². The largest absolute Gasteiger partial charge is 0.399 e. The van der Waals surface area contributed by atoms with Crippen molar-refractivity contribution in [3.8, 4) is 0 Å². The molecule has 0 radical (unpaired) electrons. The van der Waals surface area contributed by atoms with Crippen molar-refractivity contribution < 1.29 is 13.5 Å². The highest BCUT2D eigenvalue weighted by atomic mass is 35.5. The molecule has 0 bridgehead atoms. The van der Waals surface area contributed by atoms with E-state index in [-0.39, 0.29) is 16.5 Å². The number of hydrogen-bond donors (Lipinski definition) is 3. The van der Waals surface area contributed by atoms with Crippen molar-refractivity contribution in [2.24, 2.45) is 0 Å². The van der Waals surface area contributed by atoms with Gasteiger partial charge in [-0.05, 0) is 31.0 Å². The predicted molar refractivity (Wildman–Crippen MR) is 74.5 cm³/mol. The molecule has 0 heterocycles. The Bertz CT molecular complexity index is 568. The Morgan fingerprint density at radius 3 is 2.58 bits per heavy atom. The van der Waals surface area contributed by atoms with Crippen LogP contribution in [0.1, 0.15) is 25.7 Å². The fraction of sp³-hybridized carbons (Fsp3) is 0.500. The lowest BCUT2D eigenvalue weighted by Crippen LogP contribution is -2.49. The maximum absolute atomic E-state index is 12.4. The van der Waals surface area contributed by atoms with Crippen LogP contribution in [-0.4, -0.2) is 25.7 Å². The monoisotopic (exact) mass is 304 g/mol. The van der Waals surface area contributed by atoms with Crippen molar-refractivity contribution >= 4 is 27.3 Å². The lowest BCUT2D eigenvalue weighted by molar-refractivity contribution is 0.185. The van der Waals surface area contributed by atoms with E-state index in [2.05, 4.69) is 4.72 Å². The summed E-state index contributed by atoms with van der Waals surface area (Å²) in [5.41, 5.74) is 5.15. The molecule has 7 heteroatoms. The molecule has 0 aromatic heterocycles. The Kier molecular flexibility index (Phi) is 4.06. The maximum Gasteiger partial charge on any atom is 0.242 e. The van der Waals surface area contributed by atoms with Gasteiger partial charge < -0.3 is 10.8 Å². The summed E-state index contributed by atoms with van der Waals surface area (Å²) in [5.74, 6) is 0. The van der Waals surface area contributed by atoms with Gasteiger partial charge in [-0.1, -0.05) is 24.4 Å². The SMILES string of the molecule is Nc1ccc(Cl)c(S(=O)(=O)NC2(CO)CCCC2)c1. The maximum atomic E-state index is 12.4. The van der Waals surface area contributed by atoms with Gasteiger partial charge in [0.1, 0.15) is 4.90 Å². The van der Waals surface area contributed by atoms with Gasteiger partial charge in [0.05, 0.1) is 17.2 Å². The van der Waals surface area contributed by atoms with E-state index in [1.54, 1.807) is 6.07 Å². The van der Waals surface area contributed by atoms with Crippen molar-refractivity contribution in [1.82, 2.24) is 4.72 Å². The molecule has 1 aromatic carbocycles. The molecule has 0 atom stereocenters. The number of nitrogens with two attached hydrogens (primary N) is 1. The van der Waals surface area contributed by atoms with E-state index in [1.807, 2.05) is 0 Å². The van der Waals surface area contributed by atoms with Crippen LogP contribution in [0.4, 0.5) is 5.69 Å². The Morgan fingerprint density at radius 1 is 1.37 bits per heavy atom. The summed E-state index contributed by atoms with van der Waals surface area (Å²) in [6.07, 6.45) is 3.05. The molecule has 0 aliphatic heterocycles. The second-order valence-electron chi connectivity index (χ2n) is 4.94. The molecule has 0 saturated heterocycles. The van der Waals surface area contributed by atoms with Crippen molar-refractivity contribution in [3.63, 3.8) is 0 Å². The number of nitrogen functional groups attached to an aromatic ring is 1. The smallest absolute Gasteiger partial charge is 0.242 e. The van der Waals surface area contributed by atoms with Crippen LogP contribution in [0, 0.1) is 0 Å². The highest BCUT2D eigenvalue weighted by Crippen LogP contribution is 2.32. The Balaban J connectivity index is 2.34. The van der Waals surface area contributed by atoms with Crippen LogP contribution in [0.25, 0.3) is 0 Å². The first-order chi connectivity index (χ1) is 8.88. The van der Waals surface area contributed by atoms with E-state index in [1.165, 1.54) is 12.1 Å². The summed E-state index contributed by atoms with van der Waals surface area (Å²) in [6.45, 7) is -0.216. The van der Waals surface area contributed by atoms with E-state index in [9.17, 15) is 13.5 Å². The summed E-state index contributed by atoms with van der Waals surface area (Å²) in [4.78, 5) is -0.0473. The molecule has 19 heavy (non-hydrogen) atoms. The quantitative estimate of drug-likeness (QED) is 0.735. The average Bonchev–Trinajstić information content (AvgIpc) is 2.80. The van der Waals surface area contributed by atoms with Gasteiger partial charge in [-0.2, -0.15) is 0 Å². The summed E-state index contributed by atoms with van der Waals surface area (Å²) >= 11 is 5.92. The molecule has 1 aliphatic rings. The second kappa shape index (κ2) is 5.28. The molecule has 0 unspecified atom stereocenters. The molecule has 1 fully saturated rings. The molecular formula is C12H17ClN2O3S. The van der Waals surface area contributed by atoms with Crippen LogP contribution in [0.3, 0.4) is 0 Å². The number of sulfonamides is 1. The van der Waals surface area contributed by atoms with E-state index < -0.39 is 15.6 Å². The van der Waals surface area contributed by atoms with Gasteiger partial charge in [-0.3, -0.25) is 0 Å². The van der Waals surface area contributed by atoms with Crippen molar-refractivity contribution in [2.75, 3.05) is 12.3 Å². The van der Waals surface area contributed by atoms with Gasteiger partial charge in [-0.25, -0.2) is 13.1 Å². The first kappa shape index (κ1) is 14.6. The number of halogens is 1. The molecule has 2 rings (SSSR count). The molecule has 1 aliphatic carbocycles. The summed E-state index contributed by atoms with van der Waals surface area (Å²) in [6, 6.07) is 4.31. The molecular weight excluding hydrogens is 288 g/mol. The van der Waals surface area contributed by atoms with Crippen LogP contribution in [0.5, 0.6) is 0 Å². The van der Waals surface area contributed by atoms with Crippen LogP contribution in [0.15, 0.2) is 23.1 Å². The summed E-state index contributed by atoms with van der Waals surface area (Å²) in [5, 5.41) is 9.58. The topological polar surface area (TPSA) is 92.4 Å². The van der Waals surface area contributed by atoms with E-state index in [0.717, 1.165) is 12.8 Å². The second-order valence-corrected chi connectivity index (χ2v) is 7.00. The number of hydrogen-bond acceptors (Lipinski definition) is 4. The van der Waals surface area contributed by atoms with Crippen molar-refractivity contribution in [2.45, 2.75) is 36.1 Å². The fourth-order valence-corrected chi connectivity index (χ4v) is 4.40. The zero-order valence-electron chi connectivity index (χ0n) is 10.4. The standard InChI is InChI=1S/C12H17ClN2O3S/c13-10-4-3-9(14)7-11(10)19(17,18)15-12(8-16)5-1-2-6-12/h3-4,7,15-16H,1-2,5-6,8,14H2. The molecule has 4 N–H and O–H groups in total. The third-order valence-corrected chi connectivity index (χ3v) is 5.52. The van der Waals surface area contributed by atoms with E-state index in [0.29, 0.717) is 18.5 Å². The van der Waals surface area contributed by atoms with Gasteiger partial charge >= 0.3 is 0 Å². The van der Waals surface area contributed by atoms with E-state index >= 15 is 0 Å². The minimum Gasteiger partial charge on any atom is -0.399 e. The lowest BCUT2D eigenvalue weighted by Gasteiger charge is -2.27. The number of anilines is 1. The number of aliphatic hydroxyl groups excluding tert-OH is 1. The molecule has 5 nitrogen and oxygen atoms in total. The Labute approximate surface area is 117 Å². The van der Waals surface area contributed by atoms with E-state index in [4.69, 9.17) is 17.3 Å². The summed E-state index contributed by atoms with van der Waals surface area (Å²) in [7, 11) is -3.79. The highest BCUT2D eigenvalue weighted by Gasteiger charge is 2.38. The van der Waals surface area contributed by atoms with Crippen LogP contribution < -0.4 is 10.5 Å². The minimum atomic E-state index is -3.79. The molecule has 106 valence electrons. The van der Waals surface area contributed by atoms with Gasteiger partial charge in [0.2, 0.25) is 10.0 Å².